The molecule has 1 aliphatic rings. The van der Waals surface area contributed by atoms with E-state index in [-0.39, 0.29) is 17.2 Å². The summed E-state index contributed by atoms with van der Waals surface area (Å²) in [7, 11) is 0. The molecule has 0 spiro atoms. The third-order valence-corrected chi connectivity index (χ3v) is 3.95. The minimum Gasteiger partial charge on any atom is -0.313 e. The van der Waals surface area contributed by atoms with Gasteiger partial charge in [0.1, 0.15) is 5.69 Å². The van der Waals surface area contributed by atoms with Crippen molar-refractivity contribution in [2.75, 3.05) is 0 Å². The molecule has 2 aromatic heterocycles. The Kier molecular flexibility index (Phi) is 3.19. The van der Waals surface area contributed by atoms with Crippen LogP contribution < -0.4 is 11.2 Å². The van der Waals surface area contributed by atoms with E-state index in [4.69, 9.17) is 0 Å². The Hall–Kier alpha value is -2.38. The van der Waals surface area contributed by atoms with Crippen LogP contribution in [0.5, 0.6) is 0 Å². The Bertz CT molecular complexity index is 838. The Labute approximate surface area is 123 Å². The van der Waals surface area contributed by atoms with E-state index in [0.29, 0.717) is 17.7 Å². The number of H-pyrrole nitrogens is 2. The zero-order valence-electron chi connectivity index (χ0n) is 12.0. The number of rotatable bonds is 3. The molecule has 0 saturated heterocycles. The molecular formula is C14H14F2N4O2. The standard InChI is InChI=1S/C14H14F2N4O2/c1-6-7(8-3-10(8)14(2,15)16)4-11(20-19-6)9-5-17-13(22)18-12(9)21/h4-5,8,10H,3H2,1-2H3,(H2,17,18,21,22)/t8-,10+/m1/s1. The number of hydrogen-bond donors (Lipinski definition) is 2. The van der Waals surface area contributed by atoms with Crippen molar-refractivity contribution in [2.24, 2.45) is 5.92 Å². The molecule has 6 nitrogen and oxygen atoms in total. The van der Waals surface area contributed by atoms with Crippen LogP contribution in [0, 0.1) is 12.8 Å². The summed E-state index contributed by atoms with van der Waals surface area (Å²) in [4.78, 5) is 27.3. The first kappa shape index (κ1) is 14.6. The van der Waals surface area contributed by atoms with Crippen LogP contribution in [0.25, 0.3) is 11.3 Å². The molecule has 116 valence electrons. The first-order chi connectivity index (χ1) is 10.3. The van der Waals surface area contributed by atoms with Crippen LogP contribution in [-0.2, 0) is 0 Å². The van der Waals surface area contributed by atoms with Gasteiger partial charge in [-0.25, -0.2) is 13.6 Å². The quantitative estimate of drug-likeness (QED) is 0.900. The maximum atomic E-state index is 13.4. The first-order valence-electron chi connectivity index (χ1n) is 6.82. The van der Waals surface area contributed by atoms with Crippen molar-refractivity contribution in [3.05, 3.63) is 44.4 Å². The predicted molar refractivity (Wildman–Crippen MR) is 74.9 cm³/mol. The summed E-state index contributed by atoms with van der Waals surface area (Å²) in [5.74, 6) is -3.73. The van der Waals surface area contributed by atoms with E-state index >= 15 is 0 Å². The van der Waals surface area contributed by atoms with E-state index in [2.05, 4.69) is 20.2 Å². The van der Waals surface area contributed by atoms with Crippen LogP contribution in [0.1, 0.15) is 30.5 Å². The number of alkyl halides is 2. The van der Waals surface area contributed by atoms with Gasteiger partial charge in [-0.2, -0.15) is 5.10 Å². The lowest BCUT2D eigenvalue weighted by Crippen LogP contribution is -2.23. The lowest BCUT2D eigenvalue weighted by atomic mass is 10.0. The van der Waals surface area contributed by atoms with Crippen molar-refractivity contribution < 1.29 is 8.78 Å². The fourth-order valence-corrected chi connectivity index (χ4v) is 2.67. The van der Waals surface area contributed by atoms with E-state index < -0.39 is 23.1 Å². The van der Waals surface area contributed by atoms with Crippen LogP contribution >= 0.6 is 0 Å². The average molecular weight is 308 g/mol. The second-order valence-corrected chi connectivity index (χ2v) is 5.66. The summed E-state index contributed by atoms with van der Waals surface area (Å²) in [5.41, 5.74) is 0.420. The monoisotopic (exact) mass is 308 g/mol. The number of aromatic amines is 2. The molecule has 1 saturated carbocycles. The van der Waals surface area contributed by atoms with Crippen molar-refractivity contribution in [2.45, 2.75) is 32.1 Å². The van der Waals surface area contributed by atoms with Crippen LogP contribution in [0.3, 0.4) is 0 Å². The zero-order valence-corrected chi connectivity index (χ0v) is 12.0. The van der Waals surface area contributed by atoms with Gasteiger partial charge in [-0.1, -0.05) is 0 Å². The fraction of sp³-hybridized carbons (Fsp3) is 0.429. The van der Waals surface area contributed by atoms with E-state index in [1.807, 2.05) is 0 Å². The van der Waals surface area contributed by atoms with Crippen LogP contribution in [0.2, 0.25) is 0 Å². The highest BCUT2D eigenvalue weighted by Gasteiger charge is 2.52. The molecule has 1 aliphatic carbocycles. The van der Waals surface area contributed by atoms with Gasteiger partial charge in [0.15, 0.2) is 0 Å². The lowest BCUT2D eigenvalue weighted by Gasteiger charge is -2.11. The predicted octanol–water partition coefficient (Wildman–Crippen LogP) is 1.59. The maximum absolute atomic E-state index is 13.4. The van der Waals surface area contributed by atoms with E-state index in [1.54, 1.807) is 13.0 Å². The summed E-state index contributed by atoms with van der Waals surface area (Å²) in [6.45, 7) is 2.61. The summed E-state index contributed by atoms with van der Waals surface area (Å²) in [5, 5.41) is 7.87. The summed E-state index contributed by atoms with van der Waals surface area (Å²) >= 11 is 0. The van der Waals surface area contributed by atoms with E-state index in [1.165, 1.54) is 6.20 Å². The van der Waals surface area contributed by atoms with Gasteiger partial charge >= 0.3 is 5.69 Å². The molecule has 8 heteroatoms. The molecule has 0 aromatic carbocycles. The number of nitrogens with one attached hydrogen (secondary N) is 2. The molecule has 2 heterocycles. The number of nitrogens with zero attached hydrogens (tertiary/aromatic N) is 2. The summed E-state index contributed by atoms with van der Waals surface area (Å²) < 4.78 is 26.8. The van der Waals surface area contributed by atoms with Crippen LogP contribution in [-0.4, -0.2) is 26.1 Å². The van der Waals surface area contributed by atoms with Gasteiger partial charge in [0.25, 0.3) is 5.56 Å². The number of hydrogen-bond acceptors (Lipinski definition) is 4. The highest BCUT2D eigenvalue weighted by Crippen LogP contribution is 2.55. The van der Waals surface area contributed by atoms with E-state index in [0.717, 1.165) is 6.92 Å². The number of aromatic nitrogens is 4. The van der Waals surface area contributed by atoms with Crippen molar-refractivity contribution in [3.63, 3.8) is 0 Å². The van der Waals surface area contributed by atoms with Crippen molar-refractivity contribution in [1.29, 1.82) is 0 Å². The molecule has 0 unspecified atom stereocenters. The Balaban J connectivity index is 2.01. The summed E-state index contributed by atoms with van der Waals surface area (Å²) in [6, 6.07) is 1.60. The third-order valence-electron chi connectivity index (χ3n) is 3.95. The second kappa shape index (κ2) is 4.82. The van der Waals surface area contributed by atoms with Crippen LogP contribution in [0.15, 0.2) is 21.9 Å². The molecular weight excluding hydrogens is 294 g/mol. The molecule has 2 aromatic rings. The number of halogens is 2. The van der Waals surface area contributed by atoms with Gasteiger partial charge in [-0.15, -0.1) is 5.10 Å². The zero-order chi connectivity index (χ0) is 16.1. The molecule has 2 atom stereocenters. The Morgan fingerprint density at radius 1 is 1.32 bits per heavy atom. The normalized spacial score (nSPS) is 20.9. The largest absolute Gasteiger partial charge is 0.325 e. The van der Waals surface area contributed by atoms with Gasteiger partial charge in [0.05, 0.1) is 11.3 Å². The average Bonchev–Trinajstić information content (AvgIpc) is 3.20. The molecule has 1 fully saturated rings. The van der Waals surface area contributed by atoms with Gasteiger partial charge in [0, 0.05) is 12.1 Å². The molecule has 0 aliphatic heterocycles. The van der Waals surface area contributed by atoms with Crippen molar-refractivity contribution in [3.8, 4) is 11.3 Å². The SMILES string of the molecule is Cc1nnc(-c2c[nH]c(=O)[nH]c2=O)cc1[C@H]1C[C@@H]1C(C)(F)F. The molecule has 0 radical (unpaired) electrons. The van der Waals surface area contributed by atoms with Crippen molar-refractivity contribution >= 4 is 0 Å². The smallest absolute Gasteiger partial charge is 0.313 e. The fourth-order valence-electron chi connectivity index (χ4n) is 2.67. The lowest BCUT2D eigenvalue weighted by molar-refractivity contribution is -0.00400. The molecule has 0 bridgehead atoms. The highest BCUT2D eigenvalue weighted by atomic mass is 19.3. The van der Waals surface area contributed by atoms with Gasteiger partial charge < -0.3 is 4.98 Å². The second-order valence-electron chi connectivity index (χ2n) is 5.66. The third kappa shape index (κ3) is 2.56. The minimum absolute atomic E-state index is 0.147. The van der Waals surface area contributed by atoms with Crippen molar-refractivity contribution in [1.82, 2.24) is 20.2 Å². The summed E-state index contributed by atoms with van der Waals surface area (Å²) in [6.07, 6.45) is 1.63. The Morgan fingerprint density at radius 3 is 2.64 bits per heavy atom. The maximum Gasteiger partial charge on any atom is 0.325 e. The Morgan fingerprint density at radius 2 is 2.05 bits per heavy atom. The molecule has 0 amide bonds. The first-order valence-corrected chi connectivity index (χ1v) is 6.82. The topological polar surface area (TPSA) is 91.5 Å². The molecule has 2 N–H and O–H groups in total. The van der Waals surface area contributed by atoms with Gasteiger partial charge in [-0.3, -0.25) is 9.78 Å². The number of aryl methyl sites for hydroxylation is 1. The van der Waals surface area contributed by atoms with Gasteiger partial charge in [0.2, 0.25) is 5.92 Å². The molecule has 3 rings (SSSR count). The minimum atomic E-state index is -2.74. The van der Waals surface area contributed by atoms with Crippen LogP contribution in [0.4, 0.5) is 8.78 Å². The van der Waals surface area contributed by atoms with E-state index in [9.17, 15) is 18.4 Å². The molecule has 22 heavy (non-hydrogen) atoms. The van der Waals surface area contributed by atoms with Gasteiger partial charge in [-0.05, 0) is 37.8 Å². The highest BCUT2D eigenvalue weighted by molar-refractivity contribution is 5.57.